The zero-order chi connectivity index (χ0) is 17.2. The van der Waals surface area contributed by atoms with Gasteiger partial charge in [-0.25, -0.2) is 0 Å². The Balaban J connectivity index is 1.69. The van der Waals surface area contributed by atoms with Crippen LogP contribution >= 0.6 is 0 Å². The van der Waals surface area contributed by atoms with Crippen LogP contribution in [-0.2, 0) is 17.9 Å². The standard InChI is InChI=1S/C19H24N2O3/c1-23-17-9-8-16(12-18(17)24-2)14-21-19(22)10-11-20-13-15-6-4-3-5-7-15/h3-9,12,20H,10-11,13-14H2,1-2H3,(H,21,22). The summed E-state index contributed by atoms with van der Waals surface area (Å²) in [4.78, 5) is 11.9. The molecule has 2 N–H and O–H groups in total. The van der Waals surface area contributed by atoms with Crippen molar-refractivity contribution in [3.8, 4) is 11.5 Å². The van der Waals surface area contributed by atoms with Gasteiger partial charge in [-0.2, -0.15) is 0 Å². The van der Waals surface area contributed by atoms with Gasteiger partial charge in [-0.1, -0.05) is 36.4 Å². The minimum Gasteiger partial charge on any atom is -0.493 e. The van der Waals surface area contributed by atoms with Crippen LogP contribution in [0, 0.1) is 0 Å². The van der Waals surface area contributed by atoms with E-state index in [0.717, 1.165) is 12.1 Å². The number of hydrogen-bond donors (Lipinski definition) is 2. The van der Waals surface area contributed by atoms with E-state index in [9.17, 15) is 4.79 Å². The van der Waals surface area contributed by atoms with E-state index in [1.165, 1.54) is 5.56 Å². The van der Waals surface area contributed by atoms with Crippen molar-refractivity contribution in [3.63, 3.8) is 0 Å². The topological polar surface area (TPSA) is 59.6 Å². The first-order valence-corrected chi connectivity index (χ1v) is 7.95. The van der Waals surface area contributed by atoms with E-state index >= 15 is 0 Å². The molecule has 0 radical (unpaired) electrons. The van der Waals surface area contributed by atoms with Gasteiger partial charge in [-0.3, -0.25) is 4.79 Å². The molecule has 1 amide bonds. The summed E-state index contributed by atoms with van der Waals surface area (Å²) < 4.78 is 10.5. The molecule has 0 saturated carbocycles. The molecule has 0 spiro atoms. The fourth-order valence-electron chi connectivity index (χ4n) is 2.31. The second-order valence-corrected chi connectivity index (χ2v) is 5.38. The third-order valence-electron chi connectivity index (χ3n) is 3.64. The summed E-state index contributed by atoms with van der Waals surface area (Å²) in [7, 11) is 3.19. The first-order valence-electron chi connectivity index (χ1n) is 7.95. The van der Waals surface area contributed by atoms with E-state index in [1.807, 2.05) is 36.4 Å². The maximum atomic E-state index is 11.9. The highest BCUT2D eigenvalue weighted by Crippen LogP contribution is 2.27. The third kappa shape index (κ3) is 5.59. The van der Waals surface area contributed by atoms with Gasteiger partial charge in [0.1, 0.15) is 0 Å². The van der Waals surface area contributed by atoms with E-state index in [1.54, 1.807) is 14.2 Å². The SMILES string of the molecule is COc1ccc(CNC(=O)CCNCc2ccccc2)cc1OC. The number of ether oxygens (including phenoxy) is 2. The maximum Gasteiger partial charge on any atom is 0.221 e. The maximum absolute atomic E-state index is 11.9. The molecule has 0 unspecified atom stereocenters. The molecule has 0 fully saturated rings. The van der Waals surface area contributed by atoms with Crippen LogP contribution in [0.2, 0.25) is 0 Å². The number of benzene rings is 2. The van der Waals surface area contributed by atoms with Gasteiger partial charge in [0, 0.05) is 26.1 Å². The summed E-state index contributed by atoms with van der Waals surface area (Å²) in [5, 5.41) is 6.18. The largest absolute Gasteiger partial charge is 0.493 e. The van der Waals surface area contributed by atoms with Crippen LogP contribution in [0.1, 0.15) is 17.5 Å². The second-order valence-electron chi connectivity index (χ2n) is 5.38. The van der Waals surface area contributed by atoms with Crippen molar-refractivity contribution in [2.45, 2.75) is 19.5 Å². The van der Waals surface area contributed by atoms with Gasteiger partial charge in [0.05, 0.1) is 14.2 Å². The monoisotopic (exact) mass is 328 g/mol. The van der Waals surface area contributed by atoms with Crippen LogP contribution in [0.25, 0.3) is 0 Å². The Bertz CT molecular complexity index is 644. The van der Waals surface area contributed by atoms with Gasteiger partial charge in [-0.15, -0.1) is 0 Å². The average Bonchev–Trinajstić information content (AvgIpc) is 2.64. The van der Waals surface area contributed by atoms with Crippen molar-refractivity contribution in [1.29, 1.82) is 0 Å². The summed E-state index contributed by atoms with van der Waals surface area (Å²) >= 11 is 0. The number of carbonyl (C=O) groups is 1. The number of amides is 1. The van der Waals surface area contributed by atoms with E-state index < -0.39 is 0 Å². The highest BCUT2D eigenvalue weighted by atomic mass is 16.5. The van der Waals surface area contributed by atoms with Crippen molar-refractivity contribution in [3.05, 3.63) is 59.7 Å². The molecule has 2 aromatic carbocycles. The number of nitrogens with one attached hydrogen (secondary N) is 2. The summed E-state index contributed by atoms with van der Waals surface area (Å²) in [6, 6.07) is 15.7. The van der Waals surface area contributed by atoms with Gasteiger partial charge < -0.3 is 20.1 Å². The number of carbonyl (C=O) groups excluding carboxylic acids is 1. The van der Waals surface area contributed by atoms with Gasteiger partial charge in [0.2, 0.25) is 5.91 Å². The molecular formula is C19H24N2O3. The number of rotatable bonds is 9. The zero-order valence-electron chi connectivity index (χ0n) is 14.2. The van der Waals surface area contributed by atoms with Crippen molar-refractivity contribution in [2.24, 2.45) is 0 Å². The minimum absolute atomic E-state index is 0.0188. The Kier molecular flexibility index (Phi) is 7.11. The molecule has 0 atom stereocenters. The lowest BCUT2D eigenvalue weighted by Gasteiger charge is -2.10. The normalized spacial score (nSPS) is 10.2. The highest BCUT2D eigenvalue weighted by molar-refractivity contribution is 5.76. The van der Waals surface area contributed by atoms with Crippen LogP contribution in [0.5, 0.6) is 11.5 Å². The average molecular weight is 328 g/mol. The van der Waals surface area contributed by atoms with Gasteiger partial charge in [0.25, 0.3) is 0 Å². The smallest absolute Gasteiger partial charge is 0.221 e. The lowest BCUT2D eigenvalue weighted by Crippen LogP contribution is -2.27. The quantitative estimate of drug-likeness (QED) is 0.695. The molecule has 0 aliphatic carbocycles. The van der Waals surface area contributed by atoms with Crippen LogP contribution in [-0.4, -0.2) is 26.7 Å². The van der Waals surface area contributed by atoms with Crippen LogP contribution in [0.15, 0.2) is 48.5 Å². The van der Waals surface area contributed by atoms with E-state index in [-0.39, 0.29) is 5.91 Å². The van der Waals surface area contributed by atoms with E-state index in [4.69, 9.17) is 9.47 Å². The first-order chi connectivity index (χ1) is 11.7. The van der Waals surface area contributed by atoms with Gasteiger partial charge >= 0.3 is 0 Å². The van der Waals surface area contributed by atoms with Crippen molar-refractivity contribution < 1.29 is 14.3 Å². The molecule has 0 bridgehead atoms. The van der Waals surface area contributed by atoms with Crippen molar-refractivity contribution >= 4 is 5.91 Å². The fraction of sp³-hybridized carbons (Fsp3) is 0.316. The first kappa shape index (κ1) is 17.8. The van der Waals surface area contributed by atoms with Crippen LogP contribution in [0.4, 0.5) is 0 Å². The van der Waals surface area contributed by atoms with Gasteiger partial charge in [-0.05, 0) is 23.3 Å². The summed E-state index contributed by atoms with van der Waals surface area (Å²) in [5.41, 5.74) is 2.18. The number of methoxy groups -OCH3 is 2. The van der Waals surface area contributed by atoms with E-state index in [2.05, 4.69) is 22.8 Å². The predicted octanol–water partition coefficient (Wildman–Crippen LogP) is 2.50. The molecule has 5 nitrogen and oxygen atoms in total. The minimum atomic E-state index is 0.0188. The molecule has 0 aliphatic rings. The summed E-state index contributed by atoms with van der Waals surface area (Å²) in [6.45, 7) is 1.88. The molecule has 2 rings (SSSR count). The Labute approximate surface area is 143 Å². The third-order valence-corrected chi connectivity index (χ3v) is 3.64. The fourth-order valence-corrected chi connectivity index (χ4v) is 2.31. The van der Waals surface area contributed by atoms with Gasteiger partial charge in [0.15, 0.2) is 11.5 Å². The molecule has 24 heavy (non-hydrogen) atoms. The molecular weight excluding hydrogens is 304 g/mol. The van der Waals surface area contributed by atoms with Crippen LogP contribution < -0.4 is 20.1 Å². The van der Waals surface area contributed by atoms with Crippen molar-refractivity contribution in [1.82, 2.24) is 10.6 Å². The highest BCUT2D eigenvalue weighted by Gasteiger charge is 2.06. The predicted molar refractivity (Wildman–Crippen MR) is 94.2 cm³/mol. The Morgan fingerprint density at radius 2 is 1.67 bits per heavy atom. The number of hydrogen-bond acceptors (Lipinski definition) is 4. The molecule has 0 aliphatic heterocycles. The molecule has 128 valence electrons. The van der Waals surface area contributed by atoms with E-state index in [0.29, 0.717) is 31.0 Å². The summed E-state index contributed by atoms with van der Waals surface area (Å²) in [5.74, 6) is 1.36. The lowest BCUT2D eigenvalue weighted by atomic mass is 10.2. The van der Waals surface area contributed by atoms with Crippen molar-refractivity contribution in [2.75, 3.05) is 20.8 Å². The second kappa shape index (κ2) is 9.57. The Morgan fingerprint density at radius 3 is 2.38 bits per heavy atom. The molecule has 0 saturated heterocycles. The Hall–Kier alpha value is -2.53. The molecule has 2 aromatic rings. The summed E-state index contributed by atoms with van der Waals surface area (Å²) in [6.07, 6.45) is 0.445. The lowest BCUT2D eigenvalue weighted by molar-refractivity contribution is -0.121. The Morgan fingerprint density at radius 1 is 0.917 bits per heavy atom. The molecule has 0 heterocycles. The molecule has 0 aromatic heterocycles. The molecule has 5 heteroatoms. The van der Waals surface area contributed by atoms with Crippen LogP contribution in [0.3, 0.4) is 0 Å². The zero-order valence-corrected chi connectivity index (χ0v) is 14.2.